The first-order valence-electron chi connectivity index (χ1n) is 9.36. The number of carbonyl (C=O) groups excluding carboxylic acids is 1. The minimum Gasteiger partial charge on any atom is -0.325 e. The number of aryl methyl sites for hydroxylation is 3. The second kappa shape index (κ2) is 7.67. The van der Waals surface area contributed by atoms with Gasteiger partial charge in [-0.1, -0.05) is 66.2 Å². The Morgan fingerprint density at radius 1 is 1.07 bits per heavy atom. The molecular weight excluding hydrogens is 370 g/mol. The van der Waals surface area contributed by atoms with Gasteiger partial charge in [-0.3, -0.25) is 4.79 Å². The number of aromatic nitrogens is 3. The topological polar surface area (TPSA) is 71.8 Å². The zero-order valence-corrected chi connectivity index (χ0v) is 17.0. The van der Waals surface area contributed by atoms with Crippen LogP contribution in [0.1, 0.15) is 35.5 Å². The predicted molar refractivity (Wildman–Crippen MR) is 112 cm³/mol. The fourth-order valence-electron chi connectivity index (χ4n) is 3.20. The Hall–Kier alpha value is -2.80. The molecule has 0 saturated heterocycles. The summed E-state index contributed by atoms with van der Waals surface area (Å²) in [5, 5.41) is 11.9. The van der Waals surface area contributed by atoms with Crippen molar-refractivity contribution in [2.24, 2.45) is 0 Å². The van der Waals surface area contributed by atoms with E-state index >= 15 is 0 Å². The minimum absolute atomic E-state index is 0.0563. The van der Waals surface area contributed by atoms with E-state index in [2.05, 4.69) is 52.1 Å². The second-order valence-electron chi connectivity index (χ2n) is 7.00. The van der Waals surface area contributed by atoms with Crippen LogP contribution in [0.15, 0.2) is 53.7 Å². The average Bonchev–Trinajstić information content (AvgIpc) is 3.11. The van der Waals surface area contributed by atoms with E-state index in [1.54, 1.807) is 0 Å². The maximum Gasteiger partial charge on any atom is 0.240 e. The van der Waals surface area contributed by atoms with E-state index in [9.17, 15) is 4.79 Å². The fourth-order valence-corrected chi connectivity index (χ4v) is 4.30. The molecule has 1 aliphatic heterocycles. The highest BCUT2D eigenvalue weighted by atomic mass is 32.2. The Balaban J connectivity index is 1.66. The van der Waals surface area contributed by atoms with Gasteiger partial charge in [0, 0.05) is 12.1 Å². The van der Waals surface area contributed by atoms with E-state index in [1.165, 1.54) is 17.3 Å². The van der Waals surface area contributed by atoms with Crippen molar-refractivity contribution in [3.8, 4) is 0 Å². The van der Waals surface area contributed by atoms with Crippen LogP contribution in [-0.4, -0.2) is 26.0 Å². The summed E-state index contributed by atoms with van der Waals surface area (Å²) in [6.45, 7) is 6.13. The number of anilines is 1. The molecule has 0 aliphatic carbocycles. The lowest BCUT2D eigenvalue weighted by Gasteiger charge is -2.33. The van der Waals surface area contributed by atoms with Crippen LogP contribution >= 0.6 is 11.8 Å². The molecule has 0 radical (unpaired) electrons. The van der Waals surface area contributed by atoms with Gasteiger partial charge in [0.15, 0.2) is 5.82 Å². The highest BCUT2D eigenvalue weighted by Crippen LogP contribution is 2.37. The summed E-state index contributed by atoms with van der Waals surface area (Å²) in [6.07, 6.45) is 0.765. The van der Waals surface area contributed by atoms with Gasteiger partial charge in [0.05, 0.1) is 6.04 Å². The summed E-state index contributed by atoms with van der Waals surface area (Å²) >= 11 is 1.45. The van der Waals surface area contributed by atoms with Crippen molar-refractivity contribution in [1.82, 2.24) is 14.9 Å². The molecule has 144 valence electrons. The lowest BCUT2D eigenvalue weighted by atomic mass is 10.0. The number of carbonyl (C=O) groups is 1. The van der Waals surface area contributed by atoms with Crippen molar-refractivity contribution < 1.29 is 4.79 Å². The van der Waals surface area contributed by atoms with Crippen molar-refractivity contribution in [3.63, 3.8) is 0 Å². The Morgan fingerprint density at radius 2 is 1.71 bits per heavy atom. The molecule has 0 fully saturated rings. The lowest BCUT2D eigenvalue weighted by molar-refractivity contribution is -0.116. The highest BCUT2D eigenvalue weighted by molar-refractivity contribution is 8.00. The van der Waals surface area contributed by atoms with Gasteiger partial charge in [0.1, 0.15) is 5.25 Å². The molecule has 4 rings (SSSR count). The minimum atomic E-state index is -0.370. The third-order valence-electron chi connectivity index (χ3n) is 4.83. The molecule has 7 heteroatoms. The molecule has 2 heterocycles. The molecule has 1 aliphatic rings. The molecule has 0 saturated carbocycles. The SMILES string of the molecule is CCc1nnc2n1N[C@H](c1ccc(C)cc1)[C@@H](C(=O)Nc1ccc(C)cc1)S2. The van der Waals surface area contributed by atoms with Gasteiger partial charge in [0.25, 0.3) is 0 Å². The Labute approximate surface area is 168 Å². The van der Waals surface area contributed by atoms with E-state index in [-0.39, 0.29) is 17.2 Å². The summed E-state index contributed by atoms with van der Waals surface area (Å²) in [5.74, 6) is 0.802. The zero-order valence-electron chi connectivity index (χ0n) is 16.1. The standard InChI is InChI=1S/C21H23N5OS/c1-4-17-23-24-21-26(17)25-18(15-9-5-13(2)6-10-15)19(28-21)20(27)22-16-11-7-14(3)8-12-16/h5-12,18-19,25H,4H2,1-3H3,(H,22,27)/t18-,19+/m1/s1. The summed E-state index contributed by atoms with van der Waals surface area (Å²) in [5.41, 5.74) is 7.66. The highest BCUT2D eigenvalue weighted by Gasteiger charge is 2.37. The van der Waals surface area contributed by atoms with Crippen molar-refractivity contribution >= 4 is 23.4 Å². The lowest BCUT2D eigenvalue weighted by Crippen LogP contribution is -2.41. The average molecular weight is 394 g/mol. The number of nitrogens with zero attached hydrogens (tertiary/aromatic N) is 3. The summed E-state index contributed by atoms with van der Waals surface area (Å²) < 4.78 is 1.91. The van der Waals surface area contributed by atoms with E-state index in [0.29, 0.717) is 5.16 Å². The van der Waals surface area contributed by atoms with Crippen LogP contribution in [0.3, 0.4) is 0 Å². The predicted octanol–water partition coefficient (Wildman–Crippen LogP) is 3.86. The van der Waals surface area contributed by atoms with Crippen LogP contribution in [0.5, 0.6) is 0 Å². The number of rotatable bonds is 4. The van der Waals surface area contributed by atoms with Gasteiger partial charge in [-0.25, -0.2) is 4.68 Å². The quantitative estimate of drug-likeness (QED) is 0.704. The number of fused-ring (bicyclic) bond motifs is 1. The van der Waals surface area contributed by atoms with Crippen molar-refractivity contribution in [3.05, 3.63) is 71.0 Å². The largest absolute Gasteiger partial charge is 0.325 e. The molecule has 2 N–H and O–H groups in total. The number of nitrogens with one attached hydrogen (secondary N) is 2. The molecule has 1 aromatic heterocycles. The van der Waals surface area contributed by atoms with Gasteiger partial charge >= 0.3 is 0 Å². The normalized spacial score (nSPS) is 18.2. The first-order chi connectivity index (χ1) is 13.5. The van der Waals surface area contributed by atoms with Crippen LogP contribution in [0.4, 0.5) is 5.69 Å². The second-order valence-corrected chi connectivity index (χ2v) is 8.11. The fraction of sp³-hybridized carbons (Fsp3) is 0.286. The van der Waals surface area contributed by atoms with Crippen LogP contribution < -0.4 is 10.7 Å². The molecule has 2 aromatic carbocycles. The Kier molecular flexibility index (Phi) is 5.09. The molecule has 3 aromatic rings. The molecular formula is C21H23N5OS. The molecule has 0 spiro atoms. The Morgan fingerprint density at radius 3 is 2.36 bits per heavy atom. The van der Waals surface area contributed by atoms with E-state index in [0.717, 1.165) is 29.1 Å². The van der Waals surface area contributed by atoms with E-state index in [4.69, 9.17) is 0 Å². The maximum absolute atomic E-state index is 13.2. The van der Waals surface area contributed by atoms with Gasteiger partial charge in [-0.05, 0) is 31.5 Å². The molecule has 1 amide bonds. The monoisotopic (exact) mass is 393 g/mol. The van der Waals surface area contributed by atoms with Crippen molar-refractivity contribution in [2.45, 2.75) is 43.6 Å². The number of amides is 1. The van der Waals surface area contributed by atoms with Gasteiger partial charge in [0.2, 0.25) is 11.1 Å². The third kappa shape index (κ3) is 3.62. The summed E-state index contributed by atoms with van der Waals surface area (Å²) in [4.78, 5) is 13.2. The maximum atomic E-state index is 13.2. The Bertz CT molecular complexity index is 981. The van der Waals surface area contributed by atoms with Gasteiger partial charge in [-0.15, -0.1) is 10.2 Å². The van der Waals surface area contributed by atoms with Crippen LogP contribution in [-0.2, 0) is 11.2 Å². The number of hydrogen-bond donors (Lipinski definition) is 2. The van der Waals surface area contributed by atoms with Crippen molar-refractivity contribution in [2.75, 3.05) is 10.7 Å². The van der Waals surface area contributed by atoms with Crippen LogP contribution in [0.25, 0.3) is 0 Å². The summed E-state index contributed by atoms with van der Waals surface area (Å²) in [7, 11) is 0. The van der Waals surface area contributed by atoms with E-state index < -0.39 is 0 Å². The number of thioether (sulfide) groups is 1. The smallest absolute Gasteiger partial charge is 0.240 e. The number of benzene rings is 2. The zero-order chi connectivity index (χ0) is 19.7. The molecule has 0 bridgehead atoms. The number of hydrogen-bond acceptors (Lipinski definition) is 5. The molecule has 2 atom stereocenters. The summed E-state index contributed by atoms with van der Waals surface area (Å²) in [6, 6.07) is 15.9. The molecule has 0 unspecified atom stereocenters. The molecule has 6 nitrogen and oxygen atoms in total. The van der Waals surface area contributed by atoms with Crippen LogP contribution in [0, 0.1) is 13.8 Å². The first kappa shape index (κ1) is 18.6. The first-order valence-corrected chi connectivity index (χ1v) is 10.2. The van der Waals surface area contributed by atoms with Crippen LogP contribution in [0.2, 0.25) is 0 Å². The van der Waals surface area contributed by atoms with E-state index in [1.807, 2.05) is 42.8 Å². The van der Waals surface area contributed by atoms with Gasteiger partial charge < -0.3 is 10.7 Å². The molecule has 28 heavy (non-hydrogen) atoms. The third-order valence-corrected chi connectivity index (χ3v) is 6.05. The van der Waals surface area contributed by atoms with Gasteiger partial charge in [-0.2, -0.15) is 0 Å². The van der Waals surface area contributed by atoms with Crippen molar-refractivity contribution in [1.29, 1.82) is 0 Å².